The maximum Gasteiger partial charge on any atom is 0.129 e. The molecule has 1 aromatic heterocycles. The number of benzene rings is 2. The summed E-state index contributed by atoms with van der Waals surface area (Å²) in [7, 11) is 0. The van der Waals surface area contributed by atoms with Crippen LogP contribution in [-0.2, 0) is 0 Å². The lowest BCUT2D eigenvalue weighted by Crippen LogP contribution is -2.19. The monoisotopic (exact) mass is 300 g/mol. The van der Waals surface area contributed by atoms with Crippen LogP contribution in [0, 0.1) is 0 Å². The van der Waals surface area contributed by atoms with Gasteiger partial charge >= 0.3 is 0 Å². The Balaban J connectivity index is 1.84. The first-order valence-corrected chi connectivity index (χ1v) is 8.28. The molecule has 0 unspecified atom stereocenters. The molecule has 0 amide bonds. The van der Waals surface area contributed by atoms with Crippen LogP contribution >= 0.6 is 0 Å². The van der Waals surface area contributed by atoms with Crippen LogP contribution in [0.1, 0.15) is 12.8 Å². The molecule has 2 heterocycles. The van der Waals surface area contributed by atoms with Gasteiger partial charge < -0.3 is 4.90 Å². The summed E-state index contributed by atoms with van der Waals surface area (Å²) in [6, 6.07) is 25.4. The first kappa shape index (κ1) is 14.0. The number of anilines is 1. The molecule has 0 radical (unpaired) electrons. The van der Waals surface area contributed by atoms with Crippen molar-refractivity contribution in [3.63, 3.8) is 0 Å². The van der Waals surface area contributed by atoms with Crippen LogP contribution in [0.15, 0.2) is 72.8 Å². The van der Waals surface area contributed by atoms with E-state index in [4.69, 9.17) is 4.98 Å². The van der Waals surface area contributed by atoms with E-state index in [1.54, 1.807) is 0 Å². The van der Waals surface area contributed by atoms with Crippen molar-refractivity contribution < 1.29 is 0 Å². The van der Waals surface area contributed by atoms with Crippen molar-refractivity contribution in [1.29, 1.82) is 0 Å². The smallest absolute Gasteiger partial charge is 0.129 e. The van der Waals surface area contributed by atoms with E-state index in [-0.39, 0.29) is 0 Å². The summed E-state index contributed by atoms with van der Waals surface area (Å²) >= 11 is 0. The Bertz CT molecular complexity index is 718. The minimum Gasteiger partial charge on any atom is -0.357 e. The minimum atomic E-state index is 1.05. The Hall–Kier alpha value is -2.61. The van der Waals surface area contributed by atoms with Gasteiger partial charge in [0.2, 0.25) is 0 Å². The number of hydrogen-bond donors (Lipinski definition) is 0. The maximum absolute atomic E-state index is 4.94. The largest absolute Gasteiger partial charge is 0.357 e. The first-order chi connectivity index (χ1) is 11.4. The lowest BCUT2D eigenvalue weighted by molar-refractivity contribution is 0.939. The Kier molecular flexibility index (Phi) is 3.81. The van der Waals surface area contributed by atoms with Crippen molar-refractivity contribution >= 4 is 5.82 Å². The van der Waals surface area contributed by atoms with Gasteiger partial charge in [0.1, 0.15) is 5.82 Å². The van der Waals surface area contributed by atoms with Crippen molar-refractivity contribution in [1.82, 2.24) is 4.98 Å². The summed E-state index contributed by atoms with van der Waals surface area (Å²) < 4.78 is 0. The fourth-order valence-corrected chi connectivity index (χ4v) is 3.18. The van der Waals surface area contributed by atoms with Gasteiger partial charge in [-0.2, -0.15) is 0 Å². The minimum absolute atomic E-state index is 1.05. The van der Waals surface area contributed by atoms with E-state index >= 15 is 0 Å². The van der Waals surface area contributed by atoms with E-state index in [9.17, 15) is 0 Å². The SMILES string of the molecule is c1ccc(-c2cc(-c3ccccc3)nc(N3CCCC3)c2)cc1. The molecule has 1 fully saturated rings. The molecular formula is C21H20N2. The Labute approximate surface area is 137 Å². The maximum atomic E-state index is 4.94. The molecule has 4 rings (SSSR count). The van der Waals surface area contributed by atoms with Crippen molar-refractivity contribution in [3.05, 3.63) is 72.8 Å². The summed E-state index contributed by atoms with van der Waals surface area (Å²) in [5.41, 5.74) is 4.70. The van der Waals surface area contributed by atoms with E-state index in [1.807, 2.05) is 6.07 Å². The van der Waals surface area contributed by atoms with Crippen molar-refractivity contribution in [2.75, 3.05) is 18.0 Å². The Morgan fingerprint density at radius 2 is 1.26 bits per heavy atom. The quantitative estimate of drug-likeness (QED) is 0.675. The molecule has 0 bridgehead atoms. The highest BCUT2D eigenvalue weighted by atomic mass is 15.2. The topological polar surface area (TPSA) is 16.1 Å². The van der Waals surface area contributed by atoms with Gasteiger partial charge in [-0.3, -0.25) is 0 Å². The third-order valence-corrected chi connectivity index (χ3v) is 4.42. The lowest BCUT2D eigenvalue weighted by atomic mass is 10.0. The summed E-state index contributed by atoms with van der Waals surface area (Å²) in [6.45, 7) is 2.22. The Morgan fingerprint density at radius 1 is 0.652 bits per heavy atom. The Morgan fingerprint density at radius 3 is 1.91 bits per heavy atom. The molecule has 2 aromatic carbocycles. The molecule has 23 heavy (non-hydrogen) atoms. The normalized spacial score (nSPS) is 14.2. The molecule has 1 saturated heterocycles. The number of pyridine rings is 1. The zero-order chi connectivity index (χ0) is 15.5. The van der Waals surface area contributed by atoms with Gasteiger partial charge in [-0.15, -0.1) is 0 Å². The second-order valence-electron chi connectivity index (χ2n) is 6.03. The van der Waals surface area contributed by atoms with Crippen molar-refractivity contribution in [2.24, 2.45) is 0 Å². The molecule has 114 valence electrons. The molecular weight excluding hydrogens is 280 g/mol. The van der Waals surface area contributed by atoms with Gasteiger partial charge in [0.25, 0.3) is 0 Å². The highest BCUT2D eigenvalue weighted by Gasteiger charge is 2.16. The highest BCUT2D eigenvalue weighted by Crippen LogP contribution is 2.30. The number of nitrogens with zero attached hydrogens (tertiary/aromatic N) is 2. The fraction of sp³-hybridized carbons (Fsp3) is 0.190. The first-order valence-electron chi connectivity index (χ1n) is 8.28. The van der Waals surface area contributed by atoms with Crippen LogP contribution in [0.4, 0.5) is 5.82 Å². The predicted molar refractivity (Wildman–Crippen MR) is 96.6 cm³/mol. The molecule has 2 heteroatoms. The van der Waals surface area contributed by atoms with Gasteiger partial charge in [-0.1, -0.05) is 60.7 Å². The second kappa shape index (κ2) is 6.25. The fourth-order valence-electron chi connectivity index (χ4n) is 3.18. The van der Waals surface area contributed by atoms with Crippen molar-refractivity contribution in [3.8, 4) is 22.4 Å². The lowest BCUT2D eigenvalue weighted by Gasteiger charge is -2.19. The summed E-state index contributed by atoms with van der Waals surface area (Å²) in [5.74, 6) is 1.10. The molecule has 0 saturated carbocycles. The van der Waals surface area contributed by atoms with Crippen LogP contribution in [0.5, 0.6) is 0 Å². The van der Waals surface area contributed by atoms with E-state index in [0.29, 0.717) is 0 Å². The third kappa shape index (κ3) is 2.98. The molecule has 3 aromatic rings. The van der Waals surface area contributed by atoms with Gasteiger partial charge in [0, 0.05) is 18.7 Å². The van der Waals surface area contributed by atoms with Gasteiger partial charge in [-0.25, -0.2) is 4.98 Å². The standard InChI is InChI=1S/C21H20N2/c1-3-9-17(10-4-1)19-15-20(18-11-5-2-6-12-18)22-21(16-19)23-13-7-8-14-23/h1-6,9-12,15-16H,7-8,13-14H2. The zero-order valence-corrected chi connectivity index (χ0v) is 13.2. The van der Waals surface area contributed by atoms with Crippen LogP contribution in [-0.4, -0.2) is 18.1 Å². The molecule has 1 aliphatic rings. The zero-order valence-electron chi connectivity index (χ0n) is 13.2. The van der Waals surface area contributed by atoms with Gasteiger partial charge in [-0.05, 0) is 36.1 Å². The van der Waals surface area contributed by atoms with Crippen LogP contribution < -0.4 is 4.90 Å². The molecule has 2 nitrogen and oxygen atoms in total. The molecule has 0 spiro atoms. The summed E-state index contributed by atoms with van der Waals surface area (Å²) in [5, 5.41) is 0. The number of aromatic nitrogens is 1. The van der Waals surface area contributed by atoms with Crippen molar-refractivity contribution in [2.45, 2.75) is 12.8 Å². The average Bonchev–Trinajstić information content (AvgIpc) is 3.18. The molecule has 1 aliphatic heterocycles. The van der Waals surface area contributed by atoms with E-state index in [0.717, 1.165) is 24.6 Å². The number of hydrogen-bond acceptors (Lipinski definition) is 2. The second-order valence-corrected chi connectivity index (χ2v) is 6.03. The van der Waals surface area contributed by atoms with Gasteiger partial charge in [0.05, 0.1) is 5.69 Å². The predicted octanol–water partition coefficient (Wildman–Crippen LogP) is 5.02. The van der Waals surface area contributed by atoms with E-state index in [2.05, 4.69) is 71.6 Å². The van der Waals surface area contributed by atoms with Crippen LogP contribution in [0.2, 0.25) is 0 Å². The summed E-state index contributed by atoms with van der Waals surface area (Å²) in [6.07, 6.45) is 2.52. The molecule has 0 atom stereocenters. The molecule has 0 N–H and O–H groups in total. The van der Waals surface area contributed by atoms with Gasteiger partial charge in [0.15, 0.2) is 0 Å². The van der Waals surface area contributed by atoms with Crippen LogP contribution in [0.3, 0.4) is 0 Å². The average molecular weight is 300 g/mol. The number of rotatable bonds is 3. The molecule has 0 aliphatic carbocycles. The highest BCUT2D eigenvalue weighted by molar-refractivity contribution is 5.74. The third-order valence-electron chi connectivity index (χ3n) is 4.42. The van der Waals surface area contributed by atoms with E-state index in [1.165, 1.54) is 29.5 Å². The van der Waals surface area contributed by atoms with E-state index < -0.39 is 0 Å². The van der Waals surface area contributed by atoms with Crippen LogP contribution in [0.25, 0.3) is 22.4 Å². The summed E-state index contributed by atoms with van der Waals surface area (Å²) in [4.78, 5) is 7.34.